The van der Waals surface area contributed by atoms with Gasteiger partial charge in [-0.25, -0.2) is 9.97 Å². The summed E-state index contributed by atoms with van der Waals surface area (Å²) in [5.74, 6) is 0.155. The lowest BCUT2D eigenvalue weighted by molar-refractivity contribution is 0.457. The third-order valence-corrected chi connectivity index (χ3v) is 4.41. The summed E-state index contributed by atoms with van der Waals surface area (Å²) in [6.45, 7) is 0. The second-order valence-electron chi connectivity index (χ2n) is 6.03. The second kappa shape index (κ2) is 5.63. The van der Waals surface area contributed by atoms with E-state index in [-0.39, 0.29) is 5.88 Å². The molecule has 6 heteroatoms. The molecular weight excluding hydrogens is 326 g/mol. The molecule has 5 rings (SSSR count). The molecule has 1 aliphatic heterocycles. The molecule has 0 unspecified atom stereocenters. The number of aromatic amines is 1. The van der Waals surface area contributed by atoms with Gasteiger partial charge in [-0.15, -0.1) is 10.2 Å². The van der Waals surface area contributed by atoms with E-state index in [0.717, 1.165) is 43.9 Å². The number of fused-ring (bicyclic) bond motifs is 2. The lowest BCUT2D eigenvalue weighted by Crippen LogP contribution is -2.09. The number of hydrogen-bond acceptors (Lipinski definition) is 5. The highest BCUT2D eigenvalue weighted by atomic mass is 16.3. The summed E-state index contributed by atoms with van der Waals surface area (Å²) in [7, 11) is 0. The van der Waals surface area contributed by atoms with E-state index < -0.39 is 0 Å². The van der Waals surface area contributed by atoms with Crippen LogP contribution >= 0.6 is 0 Å². The maximum Gasteiger partial charge on any atom is 0.196 e. The summed E-state index contributed by atoms with van der Waals surface area (Å²) in [5, 5.41) is 21.6. The minimum atomic E-state index is 0.155. The molecule has 2 N–H and O–H groups in total. The van der Waals surface area contributed by atoms with Crippen LogP contribution < -0.4 is 10.4 Å². The van der Waals surface area contributed by atoms with Crippen molar-refractivity contribution in [3.63, 3.8) is 0 Å². The maximum absolute atomic E-state index is 10.2. The summed E-state index contributed by atoms with van der Waals surface area (Å²) >= 11 is 0. The number of azo groups is 1. The first-order valence-corrected chi connectivity index (χ1v) is 8.12. The zero-order valence-electron chi connectivity index (χ0n) is 13.6. The van der Waals surface area contributed by atoms with Crippen LogP contribution in [0.5, 0.6) is 5.88 Å². The molecule has 2 aromatic carbocycles. The van der Waals surface area contributed by atoms with E-state index in [2.05, 4.69) is 25.2 Å². The smallest absolute Gasteiger partial charge is 0.196 e. The van der Waals surface area contributed by atoms with Crippen LogP contribution in [-0.4, -0.2) is 20.1 Å². The molecule has 26 heavy (non-hydrogen) atoms. The summed E-state index contributed by atoms with van der Waals surface area (Å²) < 4.78 is 0. The van der Waals surface area contributed by atoms with Gasteiger partial charge in [-0.3, -0.25) is 0 Å². The van der Waals surface area contributed by atoms with E-state index in [9.17, 15) is 5.11 Å². The monoisotopic (exact) mass is 339 g/mol. The van der Waals surface area contributed by atoms with Gasteiger partial charge in [0.2, 0.25) is 0 Å². The number of benzene rings is 2. The quantitative estimate of drug-likeness (QED) is 0.589. The molecule has 0 saturated heterocycles. The Balaban J connectivity index is 1.68. The highest BCUT2D eigenvalue weighted by molar-refractivity contribution is 5.91. The SMILES string of the molecule is Oc1[nH]c2ccccc2c1C=c1ccc2c(c1)N=NC=2c1cncnc1. The molecule has 0 saturated carbocycles. The molecule has 124 valence electrons. The van der Waals surface area contributed by atoms with Crippen molar-refractivity contribution in [2.75, 3.05) is 0 Å². The summed E-state index contributed by atoms with van der Waals surface area (Å²) in [5.41, 5.74) is 4.05. The third kappa shape index (κ3) is 2.28. The molecule has 0 radical (unpaired) electrons. The Morgan fingerprint density at radius 3 is 2.69 bits per heavy atom. The number of aromatic nitrogens is 3. The van der Waals surface area contributed by atoms with Crippen molar-refractivity contribution in [1.82, 2.24) is 15.0 Å². The van der Waals surface area contributed by atoms with Crippen molar-refractivity contribution >= 4 is 28.4 Å². The van der Waals surface area contributed by atoms with Gasteiger partial charge in [-0.2, -0.15) is 0 Å². The zero-order chi connectivity index (χ0) is 17.5. The van der Waals surface area contributed by atoms with E-state index >= 15 is 0 Å². The van der Waals surface area contributed by atoms with Crippen LogP contribution in [0.15, 0.2) is 71.4 Å². The highest BCUT2D eigenvalue weighted by Gasteiger charge is 2.12. The Morgan fingerprint density at radius 1 is 0.962 bits per heavy atom. The summed E-state index contributed by atoms with van der Waals surface area (Å²) in [4.78, 5) is 11.1. The highest BCUT2D eigenvalue weighted by Crippen LogP contribution is 2.27. The van der Waals surface area contributed by atoms with Gasteiger partial charge in [-0.05, 0) is 29.5 Å². The number of para-hydroxylation sites is 1. The molecule has 0 amide bonds. The first-order chi connectivity index (χ1) is 12.8. The number of aromatic hydroxyl groups is 1. The fraction of sp³-hybridized carbons (Fsp3) is 0. The number of nitrogens with one attached hydrogen (secondary N) is 1. The van der Waals surface area contributed by atoms with Gasteiger partial charge in [-0.1, -0.05) is 24.3 Å². The minimum absolute atomic E-state index is 0.155. The molecule has 0 spiro atoms. The molecule has 3 heterocycles. The van der Waals surface area contributed by atoms with Gasteiger partial charge < -0.3 is 10.1 Å². The average Bonchev–Trinajstić information content (AvgIpc) is 3.23. The topological polar surface area (TPSA) is 86.5 Å². The largest absolute Gasteiger partial charge is 0.494 e. The minimum Gasteiger partial charge on any atom is -0.494 e. The van der Waals surface area contributed by atoms with E-state index in [0.29, 0.717) is 0 Å². The van der Waals surface area contributed by atoms with Gasteiger partial charge in [0, 0.05) is 39.6 Å². The summed E-state index contributed by atoms with van der Waals surface area (Å²) in [6.07, 6.45) is 6.87. The first-order valence-electron chi connectivity index (χ1n) is 8.12. The molecule has 0 bridgehead atoms. The number of hydrogen-bond donors (Lipinski definition) is 2. The van der Waals surface area contributed by atoms with Gasteiger partial charge in [0.15, 0.2) is 5.88 Å². The predicted octanol–water partition coefficient (Wildman–Crippen LogP) is 2.75. The van der Waals surface area contributed by atoms with Gasteiger partial charge in [0.1, 0.15) is 12.0 Å². The molecule has 6 nitrogen and oxygen atoms in total. The van der Waals surface area contributed by atoms with Crippen LogP contribution in [0.2, 0.25) is 0 Å². The van der Waals surface area contributed by atoms with Crippen LogP contribution in [0.3, 0.4) is 0 Å². The van der Waals surface area contributed by atoms with Crippen molar-refractivity contribution in [2.45, 2.75) is 0 Å². The molecule has 0 fully saturated rings. The Labute approximate surface area is 147 Å². The normalized spacial score (nSPS) is 13.5. The van der Waals surface area contributed by atoms with Crippen LogP contribution in [-0.2, 0) is 0 Å². The predicted molar refractivity (Wildman–Crippen MR) is 98.3 cm³/mol. The first kappa shape index (κ1) is 14.5. The van der Waals surface area contributed by atoms with Crippen LogP contribution in [0.25, 0.3) is 22.7 Å². The molecule has 4 aromatic rings. The number of nitrogens with zero attached hydrogens (tertiary/aromatic N) is 4. The zero-order valence-corrected chi connectivity index (χ0v) is 13.6. The van der Waals surface area contributed by atoms with Crippen molar-refractivity contribution in [2.24, 2.45) is 10.2 Å². The number of H-pyrrole nitrogens is 1. The Morgan fingerprint density at radius 2 is 1.81 bits per heavy atom. The van der Waals surface area contributed by atoms with Crippen LogP contribution in [0.1, 0.15) is 11.1 Å². The van der Waals surface area contributed by atoms with Gasteiger partial charge in [0.25, 0.3) is 0 Å². The van der Waals surface area contributed by atoms with E-state index in [1.54, 1.807) is 12.4 Å². The van der Waals surface area contributed by atoms with E-state index in [1.807, 2.05) is 48.5 Å². The standard InChI is InChI=1S/C20H13N5O/c26-20-16(14-3-1-2-4-17(14)23-20)7-12-5-6-15-18(8-12)24-25-19(15)13-9-21-11-22-10-13/h1-11,23,26H. The Hall–Kier alpha value is -3.80. The number of rotatable bonds is 2. The maximum atomic E-state index is 10.2. The molecule has 0 atom stereocenters. The lowest BCUT2D eigenvalue weighted by Gasteiger charge is -1.96. The molecular formula is C20H13N5O. The molecule has 2 aromatic heterocycles. The van der Waals surface area contributed by atoms with Gasteiger partial charge >= 0.3 is 0 Å². The van der Waals surface area contributed by atoms with Crippen LogP contribution in [0.4, 0.5) is 5.69 Å². The van der Waals surface area contributed by atoms with Crippen molar-refractivity contribution < 1.29 is 5.11 Å². The van der Waals surface area contributed by atoms with Crippen molar-refractivity contribution in [1.29, 1.82) is 0 Å². The third-order valence-electron chi connectivity index (χ3n) is 4.41. The fourth-order valence-corrected chi connectivity index (χ4v) is 3.18. The van der Waals surface area contributed by atoms with Crippen LogP contribution in [0, 0.1) is 0 Å². The van der Waals surface area contributed by atoms with E-state index in [4.69, 9.17) is 0 Å². The van der Waals surface area contributed by atoms with Crippen molar-refractivity contribution in [3.05, 3.63) is 82.7 Å². The Bertz CT molecular complexity index is 1290. The Kier molecular flexibility index (Phi) is 3.15. The van der Waals surface area contributed by atoms with E-state index in [1.165, 1.54) is 6.33 Å². The van der Waals surface area contributed by atoms with Crippen molar-refractivity contribution in [3.8, 4) is 5.88 Å². The van der Waals surface area contributed by atoms with Gasteiger partial charge in [0.05, 0.1) is 5.69 Å². The second-order valence-corrected chi connectivity index (χ2v) is 6.03. The molecule has 0 aliphatic carbocycles. The average molecular weight is 339 g/mol. The molecule has 1 aliphatic rings. The fourth-order valence-electron chi connectivity index (χ4n) is 3.18. The lowest BCUT2D eigenvalue weighted by atomic mass is 10.1. The summed E-state index contributed by atoms with van der Waals surface area (Å²) in [6, 6.07) is 13.7.